The Labute approximate surface area is 92.5 Å². The lowest BCUT2D eigenvalue weighted by atomic mass is 10.2. The highest BCUT2D eigenvalue weighted by Crippen LogP contribution is 2.20. The largest absolute Gasteiger partial charge is 0.508 e. The summed E-state index contributed by atoms with van der Waals surface area (Å²) in [5, 5.41) is 12.2. The van der Waals surface area contributed by atoms with Gasteiger partial charge in [-0.1, -0.05) is 0 Å². The van der Waals surface area contributed by atoms with Crippen LogP contribution in [0.5, 0.6) is 5.75 Å². The van der Waals surface area contributed by atoms with Gasteiger partial charge < -0.3 is 15.3 Å². The van der Waals surface area contributed by atoms with E-state index in [1.807, 2.05) is 4.90 Å². The first-order valence-corrected chi connectivity index (χ1v) is 4.98. The van der Waals surface area contributed by atoms with E-state index in [1.165, 1.54) is 0 Å². The zero-order valence-corrected chi connectivity index (χ0v) is 8.75. The molecule has 15 heavy (non-hydrogen) atoms. The second-order valence-corrected chi connectivity index (χ2v) is 3.66. The molecule has 1 saturated heterocycles. The molecule has 0 unspecified atom stereocenters. The quantitative estimate of drug-likeness (QED) is 0.696. The van der Waals surface area contributed by atoms with Crippen molar-refractivity contribution in [2.75, 3.05) is 11.4 Å². The van der Waals surface area contributed by atoms with Crippen LogP contribution in [0.1, 0.15) is 6.42 Å². The van der Waals surface area contributed by atoms with Crippen molar-refractivity contribution in [1.82, 2.24) is 5.32 Å². The van der Waals surface area contributed by atoms with Crippen LogP contribution in [-0.2, 0) is 4.79 Å². The van der Waals surface area contributed by atoms with Crippen molar-refractivity contribution in [1.29, 1.82) is 0 Å². The molecule has 1 amide bonds. The molecule has 4 nitrogen and oxygen atoms in total. The number of phenolic OH excluding ortho intramolecular Hbond substituents is 1. The van der Waals surface area contributed by atoms with E-state index in [4.69, 9.17) is 17.3 Å². The smallest absolute Gasteiger partial charge is 0.227 e. The number of thiocarbonyl (C=S) groups is 1. The Morgan fingerprint density at radius 2 is 2.00 bits per heavy atom. The van der Waals surface area contributed by atoms with Crippen LogP contribution in [0.25, 0.3) is 0 Å². The Morgan fingerprint density at radius 3 is 2.60 bits per heavy atom. The Kier molecular flexibility index (Phi) is 2.55. The summed E-state index contributed by atoms with van der Waals surface area (Å²) in [6, 6.07) is 6.71. The first-order valence-electron chi connectivity index (χ1n) is 4.57. The van der Waals surface area contributed by atoms with Crippen molar-refractivity contribution in [3.8, 4) is 5.75 Å². The van der Waals surface area contributed by atoms with Gasteiger partial charge in [0, 0.05) is 18.7 Å². The SMILES string of the molecule is O=C1CCN(c2ccc(O)cc2)C(=S)N1. The molecule has 0 saturated carbocycles. The van der Waals surface area contributed by atoms with Crippen LogP contribution >= 0.6 is 12.2 Å². The number of carbonyl (C=O) groups excluding carboxylic acids is 1. The number of carbonyl (C=O) groups is 1. The first kappa shape index (κ1) is 9.92. The summed E-state index contributed by atoms with van der Waals surface area (Å²) in [6.07, 6.45) is 0.432. The molecule has 0 spiro atoms. The second kappa shape index (κ2) is 3.86. The highest BCUT2D eigenvalue weighted by atomic mass is 32.1. The molecule has 1 aromatic carbocycles. The number of rotatable bonds is 1. The van der Waals surface area contributed by atoms with E-state index in [0.29, 0.717) is 18.1 Å². The molecule has 0 aromatic heterocycles. The number of aromatic hydroxyl groups is 1. The fraction of sp³-hybridized carbons (Fsp3) is 0.200. The third-order valence-corrected chi connectivity index (χ3v) is 2.54. The van der Waals surface area contributed by atoms with E-state index in [9.17, 15) is 4.79 Å². The lowest BCUT2D eigenvalue weighted by molar-refractivity contribution is -0.119. The predicted molar refractivity (Wildman–Crippen MR) is 60.8 cm³/mol. The number of anilines is 1. The minimum atomic E-state index is -0.0463. The van der Waals surface area contributed by atoms with E-state index in [2.05, 4.69) is 5.32 Å². The molecule has 78 valence electrons. The predicted octanol–water partition coefficient (Wildman–Crippen LogP) is 1.00. The maximum absolute atomic E-state index is 11.0. The highest BCUT2D eigenvalue weighted by molar-refractivity contribution is 7.80. The Morgan fingerprint density at radius 1 is 1.33 bits per heavy atom. The molecular formula is C10H10N2O2S. The Balaban J connectivity index is 2.20. The van der Waals surface area contributed by atoms with Crippen LogP contribution in [0.2, 0.25) is 0 Å². The zero-order chi connectivity index (χ0) is 10.8. The summed E-state index contributed by atoms with van der Waals surface area (Å²) in [7, 11) is 0. The summed E-state index contributed by atoms with van der Waals surface area (Å²) in [4.78, 5) is 12.9. The number of hydrogen-bond acceptors (Lipinski definition) is 3. The third kappa shape index (κ3) is 2.07. The molecule has 1 aliphatic rings. The first-order chi connectivity index (χ1) is 7.16. The molecule has 1 fully saturated rings. The van der Waals surface area contributed by atoms with Gasteiger partial charge in [-0.25, -0.2) is 0 Å². The third-order valence-electron chi connectivity index (χ3n) is 2.22. The minimum absolute atomic E-state index is 0.0463. The van der Waals surface area contributed by atoms with Gasteiger partial charge in [-0.3, -0.25) is 4.79 Å². The number of benzene rings is 1. The molecule has 1 aliphatic heterocycles. The van der Waals surface area contributed by atoms with Gasteiger partial charge in [0.2, 0.25) is 5.91 Å². The lowest BCUT2D eigenvalue weighted by Gasteiger charge is -2.29. The van der Waals surface area contributed by atoms with Crippen LogP contribution in [0.4, 0.5) is 5.69 Å². The van der Waals surface area contributed by atoms with E-state index in [1.54, 1.807) is 24.3 Å². The van der Waals surface area contributed by atoms with Gasteiger partial charge in [0.15, 0.2) is 5.11 Å². The van der Waals surface area contributed by atoms with Gasteiger partial charge in [-0.2, -0.15) is 0 Å². The number of phenols is 1. The summed E-state index contributed by atoms with van der Waals surface area (Å²) in [6.45, 7) is 0.579. The van der Waals surface area contributed by atoms with Crippen molar-refractivity contribution in [2.24, 2.45) is 0 Å². The summed E-state index contributed by atoms with van der Waals surface area (Å²) in [5.41, 5.74) is 0.873. The molecular weight excluding hydrogens is 212 g/mol. The standard InChI is InChI=1S/C10H10N2O2S/c13-8-3-1-7(2-4-8)12-6-5-9(14)11-10(12)15/h1-4,13H,5-6H2,(H,11,14,15). The molecule has 0 bridgehead atoms. The van der Waals surface area contributed by atoms with Gasteiger partial charge in [-0.15, -0.1) is 0 Å². The molecule has 0 aliphatic carbocycles. The average Bonchev–Trinajstić information content (AvgIpc) is 2.20. The number of amides is 1. The van der Waals surface area contributed by atoms with Gasteiger partial charge in [0.25, 0.3) is 0 Å². The van der Waals surface area contributed by atoms with Crippen molar-refractivity contribution >= 4 is 28.9 Å². The number of nitrogens with zero attached hydrogens (tertiary/aromatic N) is 1. The summed E-state index contributed by atoms with van der Waals surface area (Å²) >= 11 is 5.05. The van der Waals surface area contributed by atoms with Gasteiger partial charge in [0.1, 0.15) is 5.75 Å². The van der Waals surface area contributed by atoms with Gasteiger partial charge >= 0.3 is 0 Å². The molecule has 0 radical (unpaired) electrons. The fourth-order valence-electron chi connectivity index (χ4n) is 1.44. The van der Waals surface area contributed by atoms with E-state index in [-0.39, 0.29) is 11.7 Å². The molecule has 2 N–H and O–H groups in total. The molecule has 0 atom stereocenters. The van der Waals surface area contributed by atoms with E-state index < -0.39 is 0 Å². The Bertz CT molecular complexity index is 402. The van der Waals surface area contributed by atoms with Crippen molar-refractivity contribution in [3.05, 3.63) is 24.3 Å². The normalized spacial score (nSPS) is 16.4. The molecule has 2 rings (SSSR count). The topological polar surface area (TPSA) is 52.6 Å². The van der Waals surface area contributed by atoms with E-state index in [0.717, 1.165) is 5.69 Å². The highest BCUT2D eigenvalue weighted by Gasteiger charge is 2.20. The van der Waals surface area contributed by atoms with Crippen molar-refractivity contribution in [3.63, 3.8) is 0 Å². The van der Waals surface area contributed by atoms with Crippen molar-refractivity contribution < 1.29 is 9.90 Å². The van der Waals surface area contributed by atoms with E-state index >= 15 is 0 Å². The molecule has 5 heteroatoms. The fourth-order valence-corrected chi connectivity index (χ4v) is 1.75. The maximum Gasteiger partial charge on any atom is 0.227 e. The van der Waals surface area contributed by atoms with Crippen LogP contribution in [0, 0.1) is 0 Å². The van der Waals surface area contributed by atoms with Gasteiger partial charge in [-0.05, 0) is 36.5 Å². The van der Waals surface area contributed by atoms with Crippen molar-refractivity contribution in [2.45, 2.75) is 6.42 Å². The monoisotopic (exact) mass is 222 g/mol. The Hall–Kier alpha value is -1.62. The minimum Gasteiger partial charge on any atom is -0.508 e. The van der Waals surface area contributed by atoms with Crippen LogP contribution in [-0.4, -0.2) is 22.7 Å². The average molecular weight is 222 g/mol. The molecule has 1 heterocycles. The zero-order valence-electron chi connectivity index (χ0n) is 7.93. The lowest BCUT2D eigenvalue weighted by Crippen LogP contribution is -2.49. The summed E-state index contributed by atoms with van der Waals surface area (Å²) in [5.74, 6) is 0.167. The number of hydrogen-bond donors (Lipinski definition) is 2. The van der Waals surface area contributed by atoms with Crippen LogP contribution in [0.15, 0.2) is 24.3 Å². The van der Waals surface area contributed by atoms with Crippen LogP contribution in [0.3, 0.4) is 0 Å². The maximum atomic E-state index is 11.0. The molecule has 1 aromatic rings. The van der Waals surface area contributed by atoms with Gasteiger partial charge in [0.05, 0.1) is 0 Å². The second-order valence-electron chi connectivity index (χ2n) is 3.27. The van der Waals surface area contributed by atoms with Crippen LogP contribution < -0.4 is 10.2 Å². The number of nitrogens with one attached hydrogen (secondary N) is 1. The summed E-state index contributed by atoms with van der Waals surface area (Å²) < 4.78 is 0.